The predicted octanol–water partition coefficient (Wildman–Crippen LogP) is 2.62. The molecule has 3 N–H and O–H groups in total. The summed E-state index contributed by atoms with van der Waals surface area (Å²) in [4.78, 5) is 27.1. The van der Waals surface area contributed by atoms with Gasteiger partial charge in [-0.15, -0.1) is 0 Å². The maximum atomic E-state index is 12.8. The standard InChI is InChI=1S/C21H31N3O2/c1-15(16-8-4-2-5-9-16)24-14-18(12-20(24)25)21(26)23-19(13-22)17-10-6-3-7-11-17/h2,4-5,8-9,15,17-19H,3,6-7,10-14,22H2,1H3,(H,23,26). The minimum atomic E-state index is -0.272. The molecule has 2 fully saturated rings. The first-order valence-electron chi connectivity index (χ1n) is 9.95. The summed E-state index contributed by atoms with van der Waals surface area (Å²) in [6.07, 6.45) is 6.31. The number of nitrogens with two attached hydrogens (primary N) is 1. The Morgan fingerprint density at radius 3 is 2.58 bits per heavy atom. The molecule has 142 valence electrons. The van der Waals surface area contributed by atoms with Crippen LogP contribution >= 0.6 is 0 Å². The minimum absolute atomic E-state index is 0.00912. The number of benzene rings is 1. The molecule has 1 aromatic carbocycles. The van der Waals surface area contributed by atoms with E-state index in [1.165, 1.54) is 19.3 Å². The first-order chi connectivity index (χ1) is 12.6. The van der Waals surface area contributed by atoms with E-state index in [-0.39, 0.29) is 29.8 Å². The van der Waals surface area contributed by atoms with Gasteiger partial charge in [-0.1, -0.05) is 49.6 Å². The number of amides is 2. The van der Waals surface area contributed by atoms with E-state index in [4.69, 9.17) is 5.73 Å². The van der Waals surface area contributed by atoms with Gasteiger partial charge in [0.25, 0.3) is 0 Å². The third-order valence-electron chi connectivity index (χ3n) is 6.08. The molecular formula is C21H31N3O2. The summed E-state index contributed by atoms with van der Waals surface area (Å²) < 4.78 is 0. The van der Waals surface area contributed by atoms with Gasteiger partial charge in [0.2, 0.25) is 11.8 Å². The van der Waals surface area contributed by atoms with Gasteiger partial charge in [-0.2, -0.15) is 0 Å². The zero-order chi connectivity index (χ0) is 18.5. The summed E-state index contributed by atoms with van der Waals surface area (Å²) in [7, 11) is 0. The van der Waals surface area contributed by atoms with E-state index in [1.807, 2.05) is 42.2 Å². The van der Waals surface area contributed by atoms with Crippen LogP contribution in [0.4, 0.5) is 0 Å². The van der Waals surface area contributed by atoms with Crippen molar-refractivity contribution in [1.82, 2.24) is 10.2 Å². The highest BCUT2D eigenvalue weighted by molar-refractivity contribution is 5.89. The van der Waals surface area contributed by atoms with Crippen LogP contribution in [0.1, 0.15) is 57.1 Å². The molecule has 1 saturated heterocycles. The van der Waals surface area contributed by atoms with Gasteiger partial charge in [0, 0.05) is 25.6 Å². The maximum Gasteiger partial charge on any atom is 0.225 e. The third kappa shape index (κ3) is 4.26. The number of carbonyl (C=O) groups is 2. The number of nitrogens with one attached hydrogen (secondary N) is 1. The molecule has 2 aliphatic rings. The molecule has 5 nitrogen and oxygen atoms in total. The molecule has 1 heterocycles. The second kappa shape index (κ2) is 8.67. The van der Waals surface area contributed by atoms with E-state index in [9.17, 15) is 9.59 Å². The Morgan fingerprint density at radius 1 is 1.23 bits per heavy atom. The monoisotopic (exact) mass is 357 g/mol. The van der Waals surface area contributed by atoms with E-state index in [1.54, 1.807) is 0 Å². The second-order valence-electron chi connectivity index (χ2n) is 7.78. The van der Waals surface area contributed by atoms with Crippen molar-refractivity contribution < 1.29 is 9.59 Å². The summed E-state index contributed by atoms with van der Waals surface area (Å²) in [5.41, 5.74) is 7.04. The third-order valence-corrected chi connectivity index (χ3v) is 6.08. The molecule has 0 aromatic heterocycles. The number of likely N-dealkylation sites (tertiary alicyclic amines) is 1. The van der Waals surface area contributed by atoms with E-state index in [0.29, 0.717) is 25.4 Å². The van der Waals surface area contributed by atoms with Crippen LogP contribution in [0.5, 0.6) is 0 Å². The average molecular weight is 357 g/mol. The fourth-order valence-corrected chi connectivity index (χ4v) is 4.40. The van der Waals surface area contributed by atoms with Crippen LogP contribution < -0.4 is 11.1 Å². The Labute approximate surface area is 156 Å². The van der Waals surface area contributed by atoms with Crippen LogP contribution in [0.15, 0.2) is 30.3 Å². The Kier molecular flexibility index (Phi) is 6.30. The summed E-state index contributed by atoms with van der Waals surface area (Å²) in [5.74, 6) is 0.256. The molecule has 5 heteroatoms. The van der Waals surface area contributed by atoms with Crippen molar-refractivity contribution >= 4 is 11.8 Å². The summed E-state index contributed by atoms with van der Waals surface area (Å²) >= 11 is 0. The highest BCUT2D eigenvalue weighted by Gasteiger charge is 2.38. The van der Waals surface area contributed by atoms with Crippen molar-refractivity contribution in [2.24, 2.45) is 17.6 Å². The number of hydrogen-bond donors (Lipinski definition) is 2. The van der Waals surface area contributed by atoms with Crippen molar-refractivity contribution in [1.29, 1.82) is 0 Å². The molecule has 26 heavy (non-hydrogen) atoms. The smallest absolute Gasteiger partial charge is 0.225 e. The lowest BCUT2D eigenvalue weighted by Crippen LogP contribution is -2.48. The first-order valence-corrected chi connectivity index (χ1v) is 9.95. The van der Waals surface area contributed by atoms with Gasteiger partial charge in [0.05, 0.1) is 12.0 Å². The lowest BCUT2D eigenvalue weighted by molar-refractivity contribution is -0.130. The van der Waals surface area contributed by atoms with Crippen LogP contribution in [0.3, 0.4) is 0 Å². The van der Waals surface area contributed by atoms with Crippen LogP contribution in [0.25, 0.3) is 0 Å². The van der Waals surface area contributed by atoms with Gasteiger partial charge in [0.1, 0.15) is 0 Å². The van der Waals surface area contributed by atoms with Crippen molar-refractivity contribution in [3.8, 4) is 0 Å². The first kappa shape index (κ1) is 18.9. The fourth-order valence-electron chi connectivity index (χ4n) is 4.40. The van der Waals surface area contributed by atoms with Crippen molar-refractivity contribution in [3.05, 3.63) is 35.9 Å². The van der Waals surface area contributed by atoms with Crippen LogP contribution in [0.2, 0.25) is 0 Å². The molecule has 3 atom stereocenters. The van der Waals surface area contributed by atoms with Crippen LogP contribution in [-0.4, -0.2) is 35.8 Å². The van der Waals surface area contributed by atoms with E-state index in [0.717, 1.165) is 18.4 Å². The topological polar surface area (TPSA) is 75.4 Å². The number of hydrogen-bond acceptors (Lipinski definition) is 3. The maximum absolute atomic E-state index is 12.8. The van der Waals surface area contributed by atoms with Gasteiger partial charge >= 0.3 is 0 Å². The van der Waals surface area contributed by atoms with Crippen LogP contribution in [-0.2, 0) is 9.59 Å². The second-order valence-corrected chi connectivity index (χ2v) is 7.78. The highest BCUT2D eigenvalue weighted by atomic mass is 16.2. The lowest BCUT2D eigenvalue weighted by atomic mass is 9.83. The van der Waals surface area contributed by atoms with Gasteiger partial charge in [-0.25, -0.2) is 0 Å². The molecule has 0 radical (unpaired) electrons. The van der Waals surface area contributed by atoms with Gasteiger partial charge in [0.15, 0.2) is 0 Å². The Bertz CT molecular complexity index is 613. The van der Waals surface area contributed by atoms with E-state index >= 15 is 0 Å². The minimum Gasteiger partial charge on any atom is -0.352 e. The summed E-state index contributed by atoms with van der Waals surface area (Å²) in [6, 6.07) is 10.0. The average Bonchev–Trinajstić information content (AvgIpc) is 3.08. The Hall–Kier alpha value is -1.88. The number of carbonyl (C=O) groups excluding carboxylic acids is 2. The van der Waals surface area contributed by atoms with Crippen molar-refractivity contribution in [2.45, 2.75) is 57.5 Å². The van der Waals surface area contributed by atoms with Gasteiger partial charge in [-0.3, -0.25) is 9.59 Å². The lowest BCUT2D eigenvalue weighted by Gasteiger charge is -2.31. The molecule has 0 bridgehead atoms. The predicted molar refractivity (Wildman–Crippen MR) is 102 cm³/mol. The van der Waals surface area contributed by atoms with Crippen molar-refractivity contribution in [3.63, 3.8) is 0 Å². The number of rotatable bonds is 6. The molecule has 1 aliphatic carbocycles. The van der Waals surface area contributed by atoms with E-state index < -0.39 is 0 Å². The molecular weight excluding hydrogens is 326 g/mol. The van der Waals surface area contributed by atoms with Gasteiger partial charge < -0.3 is 16.0 Å². The molecule has 1 aliphatic heterocycles. The number of nitrogens with zero attached hydrogens (tertiary/aromatic N) is 1. The summed E-state index contributed by atoms with van der Waals surface area (Å²) in [5, 5.41) is 3.16. The zero-order valence-electron chi connectivity index (χ0n) is 15.7. The zero-order valence-corrected chi connectivity index (χ0v) is 15.7. The normalized spacial score (nSPS) is 23.7. The molecule has 1 aromatic rings. The largest absolute Gasteiger partial charge is 0.352 e. The Morgan fingerprint density at radius 2 is 1.92 bits per heavy atom. The van der Waals surface area contributed by atoms with Crippen molar-refractivity contribution in [2.75, 3.05) is 13.1 Å². The van der Waals surface area contributed by atoms with Crippen LogP contribution in [0, 0.1) is 11.8 Å². The highest BCUT2D eigenvalue weighted by Crippen LogP contribution is 2.30. The molecule has 2 amide bonds. The molecule has 3 rings (SSSR count). The van der Waals surface area contributed by atoms with E-state index in [2.05, 4.69) is 5.32 Å². The fraction of sp³-hybridized carbons (Fsp3) is 0.619. The molecule has 0 spiro atoms. The SMILES string of the molecule is CC(c1ccccc1)N1CC(C(=O)NC(CN)C2CCCCC2)CC1=O. The van der Waals surface area contributed by atoms with Gasteiger partial charge in [-0.05, 0) is 31.2 Å². The quantitative estimate of drug-likeness (QED) is 0.822. The molecule has 3 unspecified atom stereocenters. The molecule has 1 saturated carbocycles. The summed E-state index contributed by atoms with van der Waals surface area (Å²) in [6.45, 7) is 2.99. The Balaban J connectivity index is 1.59.